The van der Waals surface area contributed by atoms with Crippen LogP contribution < -0.4 is 30.5 Å². The first-order chi connectivity index (χ1) is 60.3. The van der Waals surface area contributed by atoms with Crippen LogP contribution in [0.4, 0.5) is 42.9 Å². The van der Waals surface area contributed by atoms with E-state index in [1.54, 1.807) is 0 Å². The van der Waals surface area contributed by atoms with Gasteiger partial charge in [-0.25, -0.2) is 8.78 Å². The van der Waals surface area contributed by atoms with Gasteiger partial charge < -0.3 is 9.80 Å². The lowest BCUT2D eigenvalue weighted by Gasteiger charge is -2.36. The molecule has 18 aromatic rings. The lowest BCUT2D eigenvalue weighted by atomic mass is 9.66. The average Bonchev–Trinajstić information content (AvgIpc) is 1.55. The maximum absolute atomic E-state index is 14.4. The lowest BCUT2D eigenvalue weighted by molar-refractivity contribution is 0.627. The van der Waals surface area contributed by atoms with Gasteiger partial charge in [0.1, 0.15) is 11.6 Å². The Balaban J connectivity index is 0.807. The number of aryl methyl sites for hydroxylation is 4. The molecule has 2 unspecified atom stereocenters. The second kappa shape index (κ2) is 30.4. The summed E-state index contributed by atoms with van der Waals surface area (Å²) in [6, 6.07) is 151. The molecule has 3 aliphatic rings. The minimum absolute atomic E-state index is 0.261. The van der Waals surface area contributed by atoms with Gasteiger partial charge in [0.25, 0.3) is 0 Å². The summed E-state index contributed by atoms with van der Waals surface area (Å²) >= 11 is 0. The molecule has 2 atom stereocenters. The molecule has 0 aromatic heterocycles. The number of benzene rings is 18. The van der Waals surface area contributed by atoms with Gasteiger partial charge in [-0.3, -0.25) is 0 Å². The molecule has 5 heteroatoms. The first-order valence-electron chi connectivity index (χ1n) is 42.3. The topological polar surface area (TPSA) is 6.48 Å². The molecule has 0 bridgehead atoms. The van der Waals surface area contributed by atoms with Crippen molar-refractivity contribution in [2.24, 2.45) is 0 Å². The van der Waals surface area contributed by atoms with Crippen molar-refractivity contribution in [1.29, 1.82) is 0 Å². The molecule has 18 aromatic carbocycles. The molecule has 586 valence electrons. The van der Waals surface area contributed by atoms with Gasteiger partial charge in [0.05, 0.1) is 10.8 Å². The van der Waals surface area contributed by atoms with Crippen LogP contribution in [0.3, 0.4) is 0 Å². The molecule has 0 N–H and O–H groups in total. The van der Waals surface area contributed by atoms with Crippen molar-refractivity contribution in [3.8, 4) is 77.9 Å². The third-order valence-electron chi connectivity index (χ3n) is 26.4. The molecule has 2 aliphatic carbocycles. The predicted octanol–water partition coefficient (Wildman–Crippen LogP) is 28.2. The molecule has 0 spiro atoms. The minimum Gasteiger partial charge on any atom is -0.310 e. The van der Waals surface area contributed by atoms with Crippen LogP contribution in [0.25, 0.3) is 90.0 Å². The van der Waals surface area contributed by atoms with Gasteiger partial charge in [-0.2, -0.15) is 0 Å². The second-order valence-corrected chi connectivity index (χ2v) is 37.0. The summed E-state index contributed by atoms with van der Waals surface area (Å²) in [5, 5.41) is 5.21. The van der Waals surface area contributed by atoms with Crippen LogP contribution in [0.15, 0.2) is 426 Å². The Bertz CT molecular complexity index is 6760. The van der Waals surface area contributed by atoms with Crippen molar-refractivity contribution in [2.75, 3.05) is 9.80 Å². The van der Waals surface area contributed by atoms with E-state index in [0.29, 0.717) is 0 Å². The maximum Gasteiger partial charge on any atom is 0.180 e. The van der Waals surface area contributed by atoms with E-state index >= 15 is 0 Å². The molecule has 2 nitrogen and oxygen atoms in total. The summed E-state index contributed by atoms with van der Waals surface area (Å²) in [6.07, 6.45) is 3.86. The Labute approximate surface area is 720 Å². The van der Waals surface area contributed by atoms with Gasteiger partial charge in [-0.1, -0.05) is 340 Å². The summed E-state index contributed by atoms with van der Waals surface area (Å²) in [5.74, 6) is -0.523. The first kappa shape index (κ1) is 75.6. The predicted molar refractivity (Wildman–Crippen MR) is 514 cm³/mol. The van der Waals surface area contributed by atoms with E-state index in [9.17, 15) is 8.78 Å². The van der Waals surface area contributed by atoms with Crippen LogP contribution in [0.2, 0.25) is 0 Å². The van der Waals surface area contributed by atoms with E-state index in [1.807, 2.05) is 36.4 Å². The van der Waals surface area contributed by atoms with Crippen LogP contribution in [-0.4, -0.2) is 8.07 Å². The Morgan fingerprint density at radius 3 is 0.943 bits per heavy atom. The molecule has 0 radical (unpaired) electrons. The monoisotopic (exact) mass is 1600 g/mol. The maximum atomic E-state index is 14.4. The number of hydrogen-bond donors (Lipinski definition) is 0. The zero-order valence-corrected chi connectivity index (χ0v) is 70.0. The number of fused-ring (bicyclic) bond motifs is 9. The summed E-state index contributed by atoms with van der Waals surface area (Å²) in [4.78, 5) is 4.98. The standard InChI is InChI=1S/C118H86F2N2Si/c1-7-81-37-49-91(50-38-81)117(111-69-77(3)33-35-79(111)5)109-31-17-15-29-103(109)105-65-61-99(75-113(105)117)121(95-57-45-85(46-58-95)89-23-19-21-87(71-89)83-41-53-93(119)54-42-83)97-63-67-115-107(73-97)108-74-98(64-68-116(108)123(115,101-25-11-9-12-26-101)102-27-13-10-14-28-102)122(96-59-47-86(48-60-96)90-24-20-22-88(72-90)84-43-55-94(120)56-44-84)100-62-66-106-104-30-16-18-32-110(104)118(114(106)76-100,92-51-39-82(8-2)40-52-92)112-70-78(4)34-36-80(112)6/h7-76H,1-2H2,3-6H3. The molecule has 123 heavy (non-hydrogen) atoms. The van der Waals surface area contributed by atoms with E-state index in [0.717, 1.165) is 89.8 Å². The van der Waals surface area contributed by atoms with E-state index in [1.165, 1.54) is 145 Å². The van der Waals surface area contributed by atoms with E-state index < -0.39 is 18.9 Å². The number of rotatable bonds is 18. The number of anilines is 6. The summed E-state index contributed by atoms with van der Waals surface area (Å²) < 4.78 is 28.9. The van der Waals surface area contributed by atoms with Gasteiger partial charge in [0.15, 0.2) is 8.07 Å². The average molecular weight is 1600 g/mol. The highest BCUT2D eigenvalue weighted by Gasteiger charge is 2.52. The van der Waals surface area contributed by atoms with E-state index in [-0.39, 0.29) is 11.6 Å². The Morgan fingerprint density at radius 1 is 0.244 bits per heavy atom. The normalized spacial score (nSPS) is 14.8. The van der Waals surface area contributed by atoms with Gasteiger partial charge >= 0.3 is 0 Å². The highest BCUT2D eigenvalue weighted by atomic mass is 28.3. The molecule has 0 fully saturated rings. The molecule has 0 amide bonds. The summed E-state index contributed by atoms with van der Waals surface area (Å²) in [7, 11) is -3.22. The van der Waals surface area contributed by atoms with Crippen LogP contribution in [0.1, 0.15) is 77.9 Å². The van der Waals surface area contributed by atoms with E-state index in [2.05, 4.69) is 415 Å². The largest absolute Gasteiger partial charge is 0.310 e. The van der Waals surface area contributed by atoms with Gasteiger partial charge in [0, 0.05) is 34.1 Å². The van der Waals surface area contributed by atoms with Crippen molar-refractivity contribution in [2.45, 2.75) is 38.5 Å². The van der Waals surface area contributed by atoms with Crippen molar-refractivity contribution in [3.63, 3.8) is 0 Å². The van der Waals surface area contributed by atoms with Gasteiger partial charge in [0.2, 0.25) is 0 Å². The van der Waals surface area contributed by atoms with Gasteiger partial charge in [-0.05, 0) is 302 Å². The smallest absolute Gasteiger partial charge is 0.180 e. The highest BCUT2D eigenvalue weighted by Crippen LogP contribution is 2.61. The van der Waals surface area contributed by atoms with Crippen LogP contribution >= 0.6 is 0 Å². The molecule has 0 saturated heterocycles. The molecule has 1 aliphatic heterocycles. The van der Waals surface area contributed by atoms with E-state index in [4.69, 9.17) is 0 Å². The van der Waals surface area contributed by atoms with Crippen molar-refractivity contribution >= 4 is 75.1 Å². The molecular weight excluding hydrogens is 1510 g/mol. The van der Waals surface area contributed by atoms with Crippen molar-refractivity contribution in [3.05, 3.63) is 515 Å². The SMILES string of the molecule is C=Cc1ccc(C2(c3cc(C)ccc3C)c3ccccc3-c3ccc(N(c4ccc(-c5cccc(-c6ccc(F)cc6)c5)cc4)c4ccc5c(c4)-c4cc(N(c6ccc(-c7cccc(-c8ccc(F)cc8)c7)cc6)c6ccc7c(c6)C(c6ccc(C=C)cc6)(c6cc(C)ccc6C)c6ccccc6-7)ccc4[Si]5(c4ccccc4)c4ccccc4)cc32)cc1. The van der Waals surface area contributed by atoms with Crippen LogP contribution in [-0.2, 0) is 10.8 Å². The number of halogens is 2. The summed E-state index contributed by atoms with van der Waals surface area (Å²) in [6.45, 7) is 17.4. The zero-order chi connectivity index (χ0) is 83.2. The zero-order valence-electron chi connectivity index (χ0n) is 69.0. The lowest BCUT2D eigenvalue weighted by Crippen LogP contribution is -2.72. The van der Waals surface area contributed by atoms with Crippen molar-refractivity contribution < 1.29 is 8.78 Å². The Morgan fingerprint density at radius 2 is 0.569 bits per heavy atom. The first-order valence-corrected chi connectivity index (χ1v) is 44.3. The number of hydrogen-bond acceptors (Lipinski definition) is 2. The molecular formula is C118H86F2N2Si. The molecule has 21 rings (SSSR count). The van der Waals surface area contributed by atoms with Crippen LogP contribution in [0, 0.1) is 39.3 Å². The Kier molecular flexibility index (Phi) is 18.7. The van der Waals surface area contributed by atoms with Gasteiger partial charge in [-0.15, -0.1) is 0 Å². The Hall–Kier alpha value is -14.9. The highest BCUT2D eigenvalue weighted by molar-refractivity contribution is 7.22. The van der Waals surface area contributed by atoms with Crippen LogP contribution in [0.5, 0.6) is 0 Å². The molecule has 1 heterocycles. The fourth-order valence-electron chi connectivity index (χ4n) is 20.6. The minimum atomic E-state index is -3.22. The fourth-order valence-corrected chi connectivity index (χ4v) is 25.8. The third kappa shape index (κ3) is 12.4. The third-order valence-corrected chi connectivity index (χ3v) is 31.2. The fraction of sp³-hybridized carbons (Fsp3) is 0.0508. The number of nitrogens with zero attached hydrogens (tertiary/aromatic N) is 2. The van der Waals surface area contributed by atoms with Crippen molar-refractivity contribution in [1.82, 2.24) is 0 Å². The quantitative estimate of drug-likeness (QED) is 0.0790. The summed E-state index contributed by atoms with van der Waals surface area (Å²) in [5.41, 5.74) is 36.5. The molecule has 0 saturated carbocycles. The second-order valence-electron chi connectivity index (χ2n) is 33.2.